The Balaban J connectivity index is 1.48. The number of rotatable bonds is 8. The second-order valence-corrected chi connectivity index (χ2v) is 7.21. The van der Waals surface area contributed by atoms with Crippen molar-refractivity contribution in [2.24, 2.45) is 0 Å². The molecule has 0 bridgehead atoms. The molecule has 0 aliphatic carbocycles. The predicted octanol–water partition coefficient (Wildman–Crippen LogP) is 2.74. The van der Waals surface area contributed by atoms with Crippen LogP contribution in [0.15, 0.2) is 48.7 Å². The molecule has 0 spiro atoms. The largest absolute Gasteiger partial charge is 0.508 e. The number of anilines is 1. The zero-order valence-electron chi connectivity index (χ0n) is 16.6. The van der Waals surface area contributed by atoms with Gasteiger partial charge in [0.15, 0.2) is 0 Å². The number of pyridine rings is 1. The summed E-state index contributed by atoms with van der Waals surface area (Å²) in [6.45, 7) is 7.54. The van der Waals surface area contributed by atoms with Crippen molar-refractivity contribution in [3.63, 3.8) is 0 Å². The molecule has 1 aliphatic rings. The van der Waals surface area contributed by atoms with E-state index >= 15 is 0 Å². The topological polar surface area (TPSA) is 59.9 Å². The van der Waals surface area contributed by atoms with E-state index in [1.165, 1.54) is 0 Å². The summed E-state index contributed by atoms with van der Waals surface area (Å²) in [5.74, 6) is 1.51. The molecule has 1 N–H and O–H groups in total. The number of aromatic hydroxyl groups is 1. The molecule has 1 fully saturated rings. The number of piperazine rings is 1. The van der Waals surface area contributed by atoms with Crippen molar-refractivity contribution in [3.05, 3.63) is 54.2 Å². The fraction of sp³-hybridized carbons (Fsp3) is 0.455. The van der Waals surface area contributed by atoms with Crippen LogP contribution in [0.5, 0.6) is 5.75 Å². The number of carbonyl (C=O) groups is 1. The van der Waals surface area contributed by atoms with E-state index in [1.54, 1.807) is 12.3 Å². The molecule has 1 aromatic carbocycles. The molecule has 2 aromatic rings. The third-order valence-corrected chi connectivity index (χ3v) is 5.17. The van der Waals surface area contributed by atoms with Crippen LogP contribution < -0.4 is 4.90 Å². The van der Waals surface area contributed by atoms with E-state index in [0.717, 1.165) is 50.5 Å². The Morgan fingerprint density at radius 2 is 1.82 bits per heavy atom. The van der Waals surface area contributed by atoms with Crippen LogP contribution >= 0.6 is 0 Å². The van der Waals surface area contributed by atoms with Gasteiger partial charge in [0, 0.05) is 57.4 Å². The van der Waals surface area contributed by atoms with Gasteiger partial charge in [-0.05, 0) is 31.2 Å². The van der Waals surface area contributed by atoms with E-state index in [-0.39, 0.29) is 5.91 Å². The number of para-hydroxylation sites is 1. The highest BCUT2D eigenvalue weighted by Gasteiger charge is 2.22. The zero-order valence-corrected chi connectivity index (χ0v) is 16.6. The van der Waals surface area contributed by atoms with E-state index in [2.05, 4.69) is 21.7 Å². The van der Waals surface area contributed by atoms with Crippen molar-refractivity contribution in [3.8, 4) is 5.75 Å². The van der Waals surface area contributed by atoms with Gasteiger partial charge >= 0.3 is 0 Å². The van der Waals surface area contributed by atoms with Crippen molar-refractivity contribution >= 4 is 11.7 Å². The average molecular weight is 383 g/mol. The summed E-state index contributed by atoms with van der Waals surface area (Å²) in [6, 6.07) is 13.3. The predicted molar refractivity (Wildman–Crippen MR) is 111 cm³/mol. The minimum Gasteiger partial charge on any atom is -0.508 e. The van der Waals surface area contributed by atoms with Crippen LogP contribution in [0.3, 0.4) is 0 Å². The number of hydrogen-bond donors (Lipinski definition) is 1. The highest BCUT2D eigenvalue weighted by atomic mass is 16.3. The number of benzene rings is 1. The number of phenolic OH excluding ortho intramolecular Hbond substituents is 1. The van der Waals surface area contributed by atoms with E-state index in [4.69, 9.17) is 0 Å². The van der Waals surface area contributed by atoms with Gasteiger partial charge in [0.05, 0.1) is 0 Å². The van der Waals surface area contributed by atoms with Gasteiger partial charge in [-0.3, -0.25) is 9.69 Å². The minimum atomic E-state index is 0.207. The first-order valence-corrected chi connectivity index (χ1v) is 10.1. The van der Waals surface area contributed by atoms with Gasteiger partial charge in [-0.25, -0.2) is 4.98 Å². The Kier molecular flexibility index (Phi) is 7.25. The van der Waals surface area contributed by atoms with Crippen LogP contribution in [-0.2, 0) is 11.3 Å². The Bertz CT molecular complexity index is 745. The first kappa shape index (κ1) is 20.1. The number of nitrogens with zero attached hydrogens (tertiary/aromatic N) is 4. The van der Waals surface area contributed by atoms with Crippen LogP contribution in [0.2, 0.25) is 0 Å². The molecule has 1 aliphatic heterocycles. The molecule has 0 atom stereocenters. The van der Waals surface area contributed by atoms with Gasteiger partial charge in [-0.1, -0.05) is 31.2 Å². The first-order valence-electron chi connectivity index (χ1n) is 10.1. The fourth-order valence-corrected chi connectivity index (χ4v) is 3.61. The maximum absolute atomic E-state index is 12.7. The normalized spacial score (nSPS) is 14.5. The van der Waals surface area contributed by atoms with Crippen molar-refractivity contribution in [2.75, 3.05) is 44.2 Å². The second kappa shape index (κ2) is 10.1. The summed E-state index contributed by atoms with van der Waals surface area (Å²) < 4.78 is 0. The van der Waals surface area contributed by atoms with Crippen LogP contribution in [0.25, 0.3) is 0 Å². The Labute approximate surface area is 167 Å². The number of amides is 1. The minimum absolute atomic E-state index is 0.207. The number of aromatic nitrogens is 1. The van der Waals surface area contributed by atoms with E-state index in [0.29, 0.717) is 25.3 Å². The Morgan fingerprint density at radius 1 is 1.07 bits per heavy atom. The lowest BCUT2D eigenvalue weighted by Gasteiger charge is -2.35. The third-order valence-electron chi connectivity index (χ3n) is 5.17. The average Bonchev–Trinajstić information content (AvgIpc) is 2.74. The molecule has 1 saturated heterocycles. The zero-order chi connectivity index (χ0) is 19.8. The number of phenols is 1. The van der Waals surface area contributed by atoms with Gasteiger partial charge < -0.3 is 14.9 Å². The SMILES string of the molecule is CCCN(CCC(=O)N1CCN(c2ccccn2)CC1)Cc1ccccc1O. The molecule has 0 radical (unpaired) electrons. The molecule has 2 heterocycles. The van der Waals surface area contributed by atoms with Crippen molar-refractivity contribution in [1.29, 1.82) is 0 Å². The smallest absolute Gasteiger partial charge is 0.223 e. The molecule has 6 heteroatoms. The quantitative estimate of drug-likeness (QED) is 0.761. The lowest BCUT2D eigenvalue weighted by molar-refractivity contribution is -0.131. The molecule has 150 valence electrons. The Morgan fingerprint density at radius 3 is 2.50 bits per heavy atom. The summed E-state index contributed by atoms with van der Waals surface area (Å²) in [7, 11) is 0. The van der Waals surface area contributed by atoms with Crippen molar-refractivity contribution in [2.45, 2.75) is 26.3 Å². The summed E-state index contributed by atoms with van der Waals surface area (Å²) in [6.07, 6.45) is 3.33. The van der Waals surface area contributed by atoms with Gasteiger partial charge in [-0.15, -0.1) is 0 Å². The fourth-order valence-electron chi connectivity index (χ4n) is 3.61. The molecule has 6 nitrogen and oxygen atoms in total. The highest BCUT2D eigenvalue weighted by Crippen LogP contribution is 2.18. The standard InChI is InChI=1S/C22H30N4O2/c1-2-12-24(18-19-7-3-4-8-20(19)27)13-10-22(28)26-16-14-25(15-17-26)21-9-5-6-11-23-21/h3-9,11,27H,2,10,12-18H2,1H3. The summed E-state index contributed by atoms with van der Waals surface area (Å²) >= 11 is 0. The molecule has 0 unspecified atom stereocenters. The second-order valence-electron chi connectivity index (χ2n) is 7.21. The molecular weight excluding hydrogens is 352 g/mol. The van der Waals surface area contributed by atoms with Crippen molar-refractivity contribution in [1.82, 2.24) is 14.8 Å². The van der Waals surface area contributed by atoms with Gasteiger partial charge in [0.2, 0.25) is 5.91 Å². The maximum Gasteiger partial charge on any atom is 0.223 e. The molecule has 28 heavy (non-hydrogen) atoms. The van der Waals surface area contributed by atoms with Crippen molar-refractivity contribution < 1.29 is 9.90 Å². The summed E-state index contributed by atoms with van der Waals surface area (Å²) in [5, 5.41) is 10.0. The van der Waals surface area contributed by atoms with Crippen LogP contribution in [0, 0.1) is 0 Å². The van der Waals surface area contributed by atoms with Crippen LogP contribution in [0.4, 0.5) is 5.82 Å². The number of carbonyl (C=O) groups excluding carboxylic acids is 1. The molecule has 1 amide bonds. The van der Waals surface area contributed by atoms with Crippen LogP contribution in [0.1, 0.15) is 25.3 Å². The van der Waals surface area contributed by atoms with Gasteiger partial charge in [-0.2, -0.15) is 0 Å². The molecule has 0 saturated carbocycles. The molecule has 1 aromatic heterocycles. The maximum atomic E-state index is 12.7. The monoisotopic (exact) mass is 382 g/mol. The van der Waals surface area contributed by atoms with Gasteiger partial charge in [0.1, 0.15) is 11.6 Å². The van der Waals surface area contributed by atoms with E-state index in [1.807, 2.05) is 41.3 Å². The lowest BCUT2D eigenvalue weighted by Crippen LogP contribution is -2.49. The Hall–Kier alpha value is -2.60. The van der Waals surface area contributed by atoms with E-state index in [9.17, 15) is 9.90 Å². The summed E-state index contributed by atoms with van der Waals surface area (Å²) in [4.78, 5) is 23.5. The first-order chi connectivity index (χ1) is 13.7. The third kappa shape index (κ3) is 5.45. The molecule has 3 rings (SSSR count). The highest BCUT2D eigenvalue weighted by molar-refractivity contribution is 5.76. The van der Waals surface area contributed by atoms with Gasteiger partial charge in [0.25, 0.3) is 0 Å². The lowest BCUT2D eigenvalue weighted by atomic mass is 10.1. The molecular formula is C22H30N4O2. The summed E-state index contributed by atoms with van der Waals surface area (Å²) in [5.41, 5.74) is 0.910. The number of hydrogen-bond acceptors (Lipinski definition) is 5. The van der Waals surface area contributed by atoms with E-state index < -0.39 is 0 Å². The van der Waals surface area contributed by atoms with Crippen LogP contribution in [-0.4, -0.2) is 65.1 Å².